The molecule has 0 aliphatic heterocycles. The molecule has 2 aromatic carbocycles. The summed E-state index contributed by atoms with van der Waals surface area (Å²) in [7, 11) is 3.13. The first kappa shape index (κ1) is 22.4. The molecule has 0 bridgehead atoms. The lowest BCUT2D eigenvalue weighted by Gasteiger charge is -2.12. The molecule has 162 valence electrons. The third-order valence-electron chi connectivity index (χ3n) is 4.28. The summed E-state index contributed by atoms with van der Waals surface area (Å²) in [5, 5.41) is 18.4. The Morgan fingerprint density at radius 2 is 1.68 bits per heavy atom. The highest BCUT2D eigenvalue weighted by atomic mass is 35.5. The minimum Gasteiger partial charge on any atom is -0.493 e. The van der Waals surface area contributed by atoms with Crippen LogP contribution in [-0.4, -0.2) is 35.7 Å². The average molecular weight is 464 g/mol. The molecule has 0 atom stereocenters. The van der Waals surface area contributed by atoms with Gasteiger partial charge in [0.05, 0.1) is 19.1 Å². The molecule has 0 amide bonds. The van der Waals surface area contributed by atoms with Crippen molar-refractivity contribution in [1.29, 1.82) is 0 Å². The summed E-state index contributed by atoms with van der Waals surface area (Å²) in [4.78, 5) is 19.2. The van der Waals surface area contributed by atoms with Crippen LogP contribution < -0.4 is 20.1 Å². The molecule has 31 heavy (non-hydrogen) atoms. The highest BCUT2D eigenvalue weighted by Gasteiger charge is 2.23. The Morgan fingerprint density at radius 3 is 2.32 bits per heavy atom. The molecule has 2 N–H and O–H groups in total. The van der Waals surface area contributed by atoms with Gasteiger partial charge in [-0.1, -0.05) is 29.3 Å². The Morgan fingerprint density at radius 1 is 1.00 bits per heavy atom. The summed E-state index contributed by atoms with van der Waals surface area (Å²) in [5.74, 6) is 1.35. The second-order valence-electron chi connectivity index (χ2n) is 6.33. The third kappa shape index (κ3) is 5.65. The molecule has 0 saturated heterocycles. The fourth-order valence-corrected chi connectivity index (χ4v) is 3.42. The highest BCUT2D eigenvalue weighted by molar-refractivity contribution is 6.35. The van der Waals surface area contributed by atoms with Gasteiger partial charge in [0.1, 0.15) is 6.33 Å². The van der Waals surface area contributed by atoms with Gasteiger partial charge in [-0.05, 0) is 42.3 Å². The van der Waals surface area contributed by atoms with Crippen molar-refractivity contribution in [2.24, 2.45) is 0 Å². The maximum atomic E-state index is 11.7. The van der Waals surface area contributed by atoms with Gasteiger partial charge in [-0.3, -0.25) is 10.1 Å². The minimum atomic E-state index is -0.548. The SMILES string of the molecule is COc1ccc(CCNc2ncnc(Nc3cc(Cl)cc(Cl)c3)c2[N+](=O)[O-])cc1OC. The highest BCUT2D eigenvalue weighted by Crippen LogP contribution is 2.33. The molecule has 1 aromatic heterocycles. The van der Waals surface area contributed by atoms with Crippen LogP contribution in [0, 0.1) is 10.1 Å². The Bertz CT molecular complexity index is 1080. The molecule has 0 saturated carbocycles. The zero-order valence-electron chi connectivity index (χ0n) is 16.7. The maximum Gasteiger partial charge on any atom is 0.353 e. The van der Waals surface area contributed by atoms with E-state index in [4.69, 9.17) is 32.7 Å². The van der Waals surface area contributed by atoms with E-state index in [9.17, 15) is 10.1 Å². The first-order valence-electron chi connectivity index (χ1n) is 9.08. The van der Waals surface area contributed by atoms with Crippen molar-refractivity contribution < 1.29 is 14.4 Å². The first-order valence-corrected chi connectivity index (χ1v) is 9.84. The van der Waals surface area contributed by atoms with E-state index in [-0.39, 0.29) is 17.3 Å². The molecular weight excluding hydrogens is 445 g/mol. The van der Waals surface area contributed by atoms with Gasteiger partial charge in [-0.2, -0.15) is 0 Å². The zero-order valence-corrected chi connectivity index (χ0v) is 18.2. The van der Waals surface area contributed by atoms with Gasteiger partial charge in [0.15, 0.2) is 11.5 Å². The van der Waals surface area contributed by atoms with Crippen LogP contribution in [0.15, 0.2) is 42.7 Å². The van der Waals surface area contributed by atoms with Crippen LogP contribution in [0.25, 0.3) is 0 Å². The Labute approximate surface area is 188 Å². The topological polar surface area (TPSA) is 111 Å². The van der Waals surface area contributed by atoms with Crippen molar-refractivity contribution in [2.45, 2.75) is 6.42 Å². The predicted molar refractivity (Wildman–Crippen MR) is 120 cm³/mol. The van der Waals surface area contributed by atoms with Gasteiger partial charge in [0, 0.05) is 22.3 Å². The molecule has 0 fully saturated rings. The van der Waals surface area contributed by atoms with E-state index >= 15 is 0 Å². The number of hydrogen-bond donors (Lipinski definition) is 2. The second-order valence-corrected chi connectivity index (χ2v) is 7.20. The molecule has 0 aliphatic carbocycles. The maximum absolute atomic E-state index is 11.7. The van der Waals surface area contributed by atoms with E-state index < -0.39 is 4.92 Å². The monoisotopic (exact) mass is 463 g/mol. The summed E-state index contributed by atoms with van der Waals surface area (Å²) < 4.78 is 10.5. The Kier molecular flexibility index (Phi) is 7.32. The predicted octanol–water partition coefficient (Wildman–Crippen LogP) is 5.11. The molecular formula is C20H19Cl2N5O4. The van der Waals surface area contributed by atoms with E-state index in [0.29, 0.717) is 40.2 Å². The number of halogens is 2. The fraction of sp³-hybridized carbons (Fsp3) is 0.200. The average Bonchev–Trinajstić information content (AvgIpc) is 2.72. The van der Waals surface area contributed by atoms with Gasteiger partial charge in [0.25, 0.3) is 0 Å². The summed E-state index contributed by atoms with van der Waals surface area (Å²) in [5.41, 5.74) is 1.15. The summed E-state index contributed by atoms with van der Waals surface area (Å²) >= 11 is 12.0. The molecule has 0 radical (unpaired) electrons. The number of methoxy groups -OCH3 is 2. The largest absolute Gasteiger partial charge is 0.493 e. The lowest BCUT2D eigenvalue weighted by molar-refractivity contribution is -0.383. The van der Waals surface area contributed by atoms with Crippen LogP contribution in [0.2, 0.25) is 10.0 Å². The second kappa shape index (κ2) is 10.1. The van der Waals surface area contributed by atoms with Gasteiger partial charge in [-0.15, -0.1) is 0 Å². The molecule has 1 heterocycles. The summed E-state index contributed by atoms with van der Waals surface area (Å²) in [6.07, 6.45) is 1.81. The van der Waals surface area contributed by atoms with Gasteiger partial charge in [0.2, 0.25) is 11.6 Å². The smallest absolute Gasteiger partial charge is 0.353 e. The van der Waals surface area contributed by atoms with Crippen molar-refractivity contribution in [1.82, 2.24) is 9.97 Å². The van der Waals surface area contributed by atoms with Crippen LogP contribution >= 0.6 is 23.2 Å². The minimum absolute atomic E-state index is 0.0203. The van der Waals surface area contributed by atoms with Gasteiger partial charge in [-0.25, -0.2) is 9.97 Å². The lowest BCUT2D eigenvalue weighted by atomic mass is 10.1. The van der Waals surface area contributed by atoms with Crippen molar-refractivity contribution in [3.63, 3.8) is 0 Å². The van der Waals surface area contributed by atoms with Crippen molar-refractivity contribution in [3.05, 3.63) is 68.4 Å². The number of hydrogen-bond acceptors (Lipinski definition) is 8. The number of ether oxygens (including phenoxy) is 2. The number of rotatable bonds is 9. The van der Waals surface area contributed by atoms with E-state index in [1.165, 1.54) is 6.33 Å². The van der Waals surface area contributed by atoms with Crippen LogP contribution in [-0.2, 0) is 6.42 Å². The van der Waals surface area contributed by atoms with Crippen LogP contribution in [0.1, 0.15) is 5.56 Å². The van der Waals surface area contributed by atoms with E-state index in [0.717, 1.165) is 5.56 Å². The molecule has 3 rings (SSSR count). The molecule has 3 aromatic rings. The van der Waals surface area contributed by atoms with Crippen molar-refractivity contribution >= 4 is 46.2 Å². The van der Waals surface area contributed by atoms with E-state index in [1.54, 1.807) is 38.5 Å². The van der Waals surface area contributed by atoms with E-state index in [1.807, 2.05) is 12.1 Å². The lowest BCUT2D eigenvalue weighted by Crippen LogP contribution is -2.11. The molecule has 0 spiro atoms. The zero-order chi connectivity index (χ0) is 22.4. The third-order valence-corrected chi connectivity index (χ3v) is 4.72. The van der Waals surface area contributed by atoms with Crippen molar-refractivity contribution in [3.8, 4) is 11.5 Å². The fourth-order valence-electron chi connectivity index (χ4n) is 2.90. The quantitative estimate of drug-likeness (QED) is 0.332. The van der Waals surface area contributed by atoms with Crippen LogP contribution in [0.5, 0.6) is 11.5 Å². The van der Waals surface area contributed by atoms with Crippen molar-refractivity contribution in [2.75, 3.05) is 31.4 Å². The number of benzene rings is 2. The first-order chi connectivity index (χ1) is 14.9. The Balaban J connectivity index is 1.77. The normalized spacial score (nSPS) is 10.5. The molecule has 11 heteroatoms. The Hall–Kier alpha value is -3.30. The number of anilines is 3. The summed E-state index contributed by atoms with van der Waals surface area (Å²) in [6.45, 7) is 0.399. The standard InChI is InChI=1S/C20H19Cl2N5O4/c1-30-16-4-3-12(7-17(16)31-2)5-6-23-19-18(27(28)29)20(25-11-24-19)26-15-9-13(21)8-14(22)10-15/h3-4,7-11H,5-6H2,1-2H3,(H2,23,24,25,26). The molecule has 0 aliphatic rings. The molecule has 0 unspecified atom stereocenters. The van der Waals surface area contributed by atoms with Crippen LogP contribution in [0.3, 0.4) is 0 Å². The van der Waals surface area contributed by atoms with Crippen LogP contribution in [0.4, 0.5) is 23.0 Å². The summed E-state index contributed by atoms with van der Waals surface area (Å²) in [6, 6.07) is 10.3. The van der Waals surface area contributed by atoms with E-state index in [2.05, 4.69) is 20.6 Å². The van der Waals surface area contributed by atoms with Gasteiger partial charge >= 0.3 is 5.69 Å². The number of nitrogens with zero attached hydrogens (tertiary/aromatic N) is 3. The number of nitrogens with one attached hydrogen (secondary N) is 2. The number of nitro groups is 1. The van der Waals surface area contributed by atoms with Gasteiger partial charge < -0.3 is 20.1 Å². The molecule has 9 nitrogen and oxygen atoms in total. The number of aromatic nitrogens is 2.